The highest BCUT2D eigenvalue weighted by molar-refractivity contribution is 7.53. The number of nitrogens with zero attached hydrogens (tertiary/aromatic N) is 1. The minimum absolute atomic E-state index is 0.190. The van der Waals surface area contributed by atoms with Crippen molar-refractivity contribution in [3.05, 3.63) is 11.1 Å². The van der Waals surface area contributed by atoms with Gasteiger partial charge in [-0.3, -0.25) is 9.36 Å². The van der Waals surface area contributed by atoms with Crippen LogP contribution in [0.1, 0.15) is 24.3 Å². The van der Waals surface area contributed by atoms with Gasteiger partial charge in [0.15, 0.2) is 5.13 Å². The Labute approximate surface area is 109 Å². The molecule has 3 N–H and O–H groups in total. The van der Waals surface area contributed by atoms with Crippen LogP contribution in [0.2, 0.25) is 0 Å². The lowest BCUT2D eigenvalue weighted by Gasteiger charge is -2.16. The Kier molecular flexibility index (Phi) is 5.74. The van der Waals surface area contributed by atoms with E-state index in [1.165, 1.54) is 5.38 Å². The highest BCUT2D eigenvalue weighted by Gasteiger charge is 2.24. The molecule has 0 spiro atoms. The third kappa shape index (κ3) is 4.38. The Balaban J connectivity index is 2.57. The lowest BCUT2D eigenvalue weighted by atomic mass is 10.5. The molecule has 0 aromatic carbocycles. The molecule has 0 atom stereocenters. The average Bonchev–Trinajstić information content (AvgIpc) is 2.74. The van der Waals surface area contributed by atoms with Crippen LogP contribution < -0.4 is 11.1 Å². The van der Waals surface area contributed by atoms with E-state index in [0.29, 0.717) is 5.13 Å². The Morgan fingerprint density at radius 3 is 2.56 bits per heavy atom. The number of nitrogen functional groups attached to an aromatic ring is 1. The van der Waals surface area contributed by atoms with Crippen LogP contribution in [-0.2, 0) is 13.6 Å². The standard InChI is InChI=1S/C9H16N3O4PS/c1-3-15-17(14,16-4-2)6-11-8(13)7-5-18-9(10)12-7/h5H,3-4,6H2,1-2H3,(H2,10,12)(H,11,13). The quantitative estimate of drug-likeness (QED) is 0.741. The SMILES string of the molecule is CCOP(=O)(CNC(=O)c1csc(N)n1)OCC. The summed E-state index contributed by atoms with van der Waals surface area (Å²) >= 11 is 1.16. The number of aromatic nitrogens is 1. The van der Waals surface area contributed by atoms with Crippen LogP contribution in [0.3, 0.4) is 0 Å². The number of carbonyl (C=O) groups is 1. The molecule has 1 amide bonds. The zero-order valence-corrected chi connectivity index (χ0v) is 11.9. The summed E-state index contributed by atoms with van der Waals surface area (Å²) < 4.78 is 22.1. The molecule has 0 unspecified atom stereocenters. The van der Waals surface area contributed by atoms with Crippen molar-refractivity contribution in [2.45, 2.75) is 13.8 Å². The molecule has 0 radical (unpaired) electrons. The smallest absolute Gasteiger partial charge is 0.349 e. The Hall–Kier alpha value is -0.950. The van der Waals surface area contributed by atoms with Gasteiger partial charge in [0, 0.05) is 5.38 Å². The van der Waals surface area contributed by atoms with E-state index in [1.54, 1.807) is 13.8 Å². The molecule has 7 nitrogen and oxygen atoms in total. The number of carbonyl (C=O) groups excluding carboxylic acids is 1. The van der Waals surface area contributed by atoms with Crippen LogP contribution in [0, 0.1) is 0 Å². The van der Waals surface area contributed by atoms with Gasteiger partial charge >= 0.3 is 7.60 Å². The van der Waals surface area contributed by atoms with Crippen LogP contribution in [-0.4, -0.2) is 30.4 Å². The second kappa shape index (κ2) is 6.84. The predicted octanol–water partition coefficient (Wildman–Crippen LogP) is 1.68. The van der Waals surface area contributed by atoms with Gasteiger partial charge in [0.2, 0.25) is 0 Å². The first-order valence-corrected chi connectivity index (χ1v) is 7.99. The minimum Gasteiger partial charge on any atom is -0.375 e. The van der Waals surface area contributed by atoms with E-state index in [1.807, 2.05) is 0 Å². The molecule has 9 heteroatoms. The molecule has 102 valence electrons. The lowest BCUT2D eigenvalue weighted by molar-refractivity contribution is 0.0950. The van der Waals surface area contributed by atoms with Crippen molar-refractivity contribution in [3.63, 3.8) is 0 Å². The molecular weight excluding hydrogens is 277 g/mol. The van der Waals surface area contributed by atoms with Crippen LogP contribution in [0.5, 0.6) is 0 Å². The van der Waals surface area contributed by atoms with E-state index in [2.05, 4.69) is 10.3 Å². The van der Waals surface area contributed by atoms with Gasteiger partial charge in [-0.05, 0) is 13.8 Å². The molecule has 0 bridgehead atoms. The largest absolute Gasteiger partial charge is 0.375 e. The van der Waals surface area contributed by atoms with Crippen LogP contribution in [0.4, 0.5) is 5.13 Å². The van der Waals surface area contributed by atoms with Crippen molar-refractivity contribution in [3.8, 4) is 0 Å². The summed E-state index contributed by atoms with van der Waals surface area (Å²) in [7, 11) is -3.27. The fraction of sp³-hybridized carbons (Fsp3) is 0.556. The van der Waals surface area contributed by atoms with E-state index < -0.39 is 13.5 Å². The van der Waals surface area contributed by atoms with Crippen molar-refractivity contribution in [1.82, 2.24) is 10.3 Å². The molecule has 0 aliphatic rings. The Morgan fingerprint density at radius 1 is 1.50 bits per heavy atom. The van der Waals surface area contributed by atoms with Crippen molar-refractivity contribution in [1.29, 1.82) is 0 Å². The maximum absolute atomic E-state index is 12.1. The van der Waals surface area contributed by atoms with Gasteiger partial charge in [-0.1, -0.05) is 0 Å². The first-order chi connectivity index (χ1) is 8.50. The van der Waals surface area contributed by atoms with E-state index in [4.69, 9.17) is 14.8 Å². The van der Waals surface area contributed by atoms with Gasteiger partial charge < -0.3 is 20.1 Å². The first kappa shape index (κ1) is 15.1. The lowest BCUT2D eigenvalue weighted by Crippen LogP contribution is -2.26. The first-order valence-electron chi connectivity index (χ1n) is 5.38. The van der Waals surface area contributed by atoms with Crippen LogP contribution in [0.25, 0.3) is 0 Å². The molecule has 1 rings (SSSR count). The fourth-order valence-corrected chi connectivity index (χ4v) is 3.10. The summed E-state index contributed by atoms with van der Waals surface area (Å²) in [5.41, 5.74) is 5.61. The number of hydrogen-bond donors (Lipinski definition) is 2. The molecular formula is C9H16N3O4PS. The van der Waals surface area contributed by atoms with Gasteiger partial charge in [0.1, 0.15) is 12.0 Å². The number of rotatable bonds is 7. The van der Waals surface area contributed by atoms with Gasteiger partial charge in [-0.2, -0.15) is 0 Å². The summed E-state index contributed by atoms with van der Waals surface area (Å²) in [6.07, 6.45) is -0.190. The molecule has 1 heterocycles. The maximum atomic E-state index is 12.1. The average molecular weight is 293 g/mol. The third-order valence-electron chi connectivity index (χ3n) is 1.84. The molecule has 0 fully saturated rings. The molecule has 0 aliphatic heterocycles. The number of thiazole rings is 1. The molecule has 18 heavy (non-hydrogen) atoms. The van der Waals surface area contributed by atoms with E-state index in [-0.39, 0.29) is 25.2 Å². The topological polar surface area (TPSA) is 104 Å². The van der Waals surface area contributed by atoms with Crippen molar-refractivity contribution in [2.24, 2.45) is 0 Å². The second-order valence-electron chi connectivity index (χ2n) is 3.18. The van der Waals surface area contributed by atoms with Crippen molar-refractivity contribution in [2.75, 3.05) is 25.2 Å². The minimum atomic E-state index is -3.27. The summed E-state index contributed by atoms with van der Waals surface area (Å²) in [5, 5.41) is 4.29. The number of nitrogens with one attached hydrogen (secondary N) is 1. The predicted molar refractivity (Wildman–Crippen MR) is 69.7 cm³/mol. The fourth-order valence-electron chi connectivity index (χ4n) is 1.17. The Morgan fingerprint density at radius 2 is 2.11 bits per heavy atom. The van der Waals surface area contributed by atoms with E-state index in [0.717, 1.165) is 11.3 Å². The summed E-state index contributed by atoms with van der Waals surface area (Å²) in [5.74, 6) is -0.456. The normalized spacial score (nSPS) is 11.4. The number of hydrogen-bond acceptors (Lipinski definition) is 7. The van der Waals surface area contributed by atoms with Gasteiger partial charge in [0.25, 0.3) is 5.91 Å². The van der Waals surface area contributed by atoms with Gasteiger partial charge in [-0.25, -0.2) is 4.98 Å². The Bertz CT molecular complexity index is 441. The van der Waals surface area contributed by atoms with Crippen LogP contribution >= 0.6 is 18.9 Å². The number of nitrogens with two attached hydrogens (primary N) is 1. The number of amides is 1. The monoisotopic (exact) mass is 293 g/mol. The zero-order chi connectivity index (χ0) is 13.6. The highest BCUT2D eigenvalue weighted by atomic mass is 32.1. The molecule has 0 aliphatic carbocycles. The van der Waals surface area contributed by atoms with Crippen LogP contribution in [0.15, 0.2) is 5.38 Å². The molecule has 1 aromatic heterocycles. The zero-order valence-electron chi connectivity index (χ0n) is 10.2. The molecule has 0 saturated heterocycles. The third-order valence-corrected chi connectivity index (χ3v) is 4.36. The summed E-state index contributed by atoms with van der Waals surface area (Å²) in [4.78, 5) is 15.5. The van der Waals surface area contributed by atoms with Crippen molar-refractivity contribution < 1.29 is 18.4 Å². The highest BCUT2D eigenvalue weighted by Crippen LogP contribution is 2.46. The van der Waals surface area contributed by atoms with Crippen molar-refractivity contribution >= 4 is 30.0 Å². The molecule has 1 aromatic rings. The maximum Gasteiger partial charge on any atom is 0.349 e. The second-order valence-corrected chi connectivity index (χ2v) is 6.13. The summed E-state index contributed by atoms with van der Waals surface area (Å²) in [6, 6.07) is 0. The van der Waals surface area contributed by atoms with E-state index in [9.17, 15) is 9.36 Å². The van der Waals surface area contributed by atoms with Gasteiger partial charge in [-0.15, -0.1) is 11.3 Å². The van der Waals surface area contributed by atoms with Gasteiger partial charge in [0.05, 0.1) is 13.2 Å². The summed E-state index contributed by atoms with van der Waals surface area (Å²) in [6.45, 7) is 3.90. The number of anilines is 1. The van der Waals surface area contributed by atoms with E-state index >= 15 is 0 Å². The molecule has 0 saturated carbocycles.